The molecule has 0 saturated heterocycles. The van der Waals surface area contributed by atoms with Gasteiger partial charge in [0, 0.05) is 19.6 Å². The van der Waals surface area contributed by atoms with Gasteiger partial charge in [0.05, 0.1) is 73.2 Å². The zero-order valence-electron chi connectivity index (χ0n) is 52.8. The van der Waals surface area contributed by atoms with Crippen molar-refractivity contribution in [3.05, 3.63) is 105 Å². The Kier molecular flexibility index (Phi) is 26.2. The number of esters is 3. The first-order valence-corrected chi connectivity index (χ1v) is 29.1. The molecule has 0 aliphatic heterocycles. The number of urea groups is 3. The van der Waals surface area contributed by atoms with Crippen molar-refractivity contribution in [1.29, 1.82) is 0 Å². The summed E-state index contributed by atoms with van der Waals surface area (Å²) in [5.74, 6) is -1.46. The van der Waals surface area contributed by atoms with Crippen LogP contribution in [0.5, 0.6) is 0 Å². The molecular formula is C63H87N9O15. The van der Waals surface area contributed by atoms with Crippen molar-refractivity contribution >= 4 is 88.4 Å². The summed E-state index contributed by atoms with van der Waals surface area (Å²) in [7, 11) is 0. The number of rotatable bonds is 24. The Labute approximate surface area is 509 Å². The number of anilines is 6. The third-order valence-electron chi connectivity index (χ3n) is 12.4. The normalized spacial score (nSPS) is 11.2. The second-order valence-corrected chi connectivity index (χ2v) is 22.8. The van der Waals surface area contributed by atoms with E-state index in [1.54, 1.807) is 101 Å². The summed E-state index contributed by atoms with van der Waals surface area (Å²) in [4.78, 5) is 119. The molecule has 0 heterocycles. The lowest BCUT2D eigenvalue weighted by Gasteiger charge is -2.27. The Morgan fingerprint density at radius 2 is 0.575 bits per heavy atom. The molecule has 0 spiro atoms. The van der Waals surface area contributed by atoms with Crippen molar-refractivity contribution in [2.75, 3.05) is 51.7 Å². The Balaban J connectivity index is 1.79. The van der Waals surface area contributed by atoms with Gasteiger partial charge < -0.3 is 60.3 Å². The molecule has 0 fully saturated rings. The summed E-state index contributed by atoms with van der Waals surface area (Å²) in [5.41, 5.74) is 4.38. The van der Waals surface area contributed by atoms with Crippen LogP contribution in [0.15, 0.2) is 54.6 Å². The highest BCUT2D eigenvalue weighted by molar-refractivity contribution is 6.00. The van der Waals surface area contributed by atoms with Gasteiger partial charge in [0.2, 0.25) is 0 Å². The Morgan fingerprint density at radius 1 is 0.333 bits per heavy atom. The minimum atomic E-state index is -0.858. The maximum atomic E-state index is 14.1. The summed E-state index contributed by atoms with van der Waals surface area (Å²) in [6, 6.07) is 12.1. The number of hydrogen-bond acceptors (Lipinski definition) is 15. The topological polar surface area (TPSA) is 317 Å². The van der Waals surface area contributed by atoms with Gasteiger partial charge in [-0.25, -0.2) is 28.8 Å². The Morgan fingerprint density at radius 3 is 0.782 bits per heavy atom. The molecule has 0 atom stereocenters. The summed E-state index contributed by atoms with van der Waals surface area (Å²) >= 11 is 0. The fraction of sp³-hybridized carbons (Fsp3) is 0.476. The largest absolute Gasteiger partial charge is 0.466 e. The van der Waals surface area contributed by atoms with Crippen LogP contribution in [0.4, 0.5) is 62.9 Å². The van der Waals surface area contributed by atoms with E-state index in [0.29, 0.717) is 52.6 Å². The first-order chi connectivity index (χ1) is 40.9. The van der Waals surface area contributed by atoms with E-state index in [9.17, 15) is 43.2 Å². The van der Waals surface area contributed by atoms with Gasteiger partial charge >= 0.3 is 54.3 Å². The molecule has 4 aromatic carbocycles. The fourth-order valence-corrected chi connectivity index (χ4v) is 9.14. The van der Waals surface area contributed by atoms with Gasteiger partial charge in [0.15, 0.2) is 0 Å². The smallest absolute Gasteiger partial charge is 0.412 e. The summed E-state index contributed by atoms with van der Waals surface area (Å²) in [6.45, 7) is 26.5. The van der Waals surface area contributed by atoms with Crippen LogP contribution in [0.25, 0.3) is 0 Å². The summed E-state index contributed by atoms with van der Waals surface area (Å²) in [5, 5.41) is 25.4. The monoisotopic (exact) mass is 1210 g/mol. The molecule has 0 saturated carbocycles. The van der Waals surface area contributed by atoms with Crippen LogP contribution in [0.3, 0.4) is 0 Å². The molecule has 474 valence electrons. The first kappa shape index (κ1) is 70.4. The minimum Gasteiger partial charge on any atom is -0.466 e. The zero-order valence-corrected chi connectivity index (χ0v) is 52.8. The maximum absolute atomic E-state index is 14.1. The van der Waals surface area contributed by atoms with E-state index in [2.05, 4.69) is 47.9 Å². The number of nitrogens with one attached hydrogen (secondary N) is 9. The molecule has 4 aromatic rings. The standard InChI is InChI=1S/C63H87N9O15/c1-16-40-43(34-64-55(76)67-46-25-22-37(31-52(73)82-19-4)28-49(46)70-58(79)85-61(7,8)9)41(17-2)45(36-66-57(78)69-48-27-24-39(33-54(75)84-21-6)30-51(48)72-60(81)87-63(13,14)15)42(18-3)44(40)35-65-56(77)68-47-26-23-38(32-53(74)83-20-5)29-50(47)71-59(80)86-62(10,11)12/h22-30H,16-21,31-36H2,1-15H3,(H,70,79)(H,71,80)(H,72,81)(H2,64,67,76)(H2,65,68,77)(H2,66,69,78). The third kappa shape index (κ3) is 23.7. The number of carbonyl (C=O) groups excluding carboxylic acids is 9. The lowest BCUT2D eigenvalue weighted by atomic mass is 9.83. The van der Waals surface area contributed by atoms with Crippen molar-refractivity contribution in [3.63, 3.8) is 0 Å². The Hall–Kier alpha value is -9.09. The molecule has 0 bridgehead atoms. The fourth-order valence-electron chi connectivity index (χ4n) is 9.14. The molecule has 9 amide bonds. The van der Waals surface area contributed by atoms with E-state index in [0.717, 1.165) is 16.7 Å². The minimum absolute atomic E-state index is 0.0635. The van der Waals surface area contributed by atoms with E-state index in [1.165, 1.54) is 36.4 Å². The number of ether oxygens (including phenoxy) is 6. The van der Waals surface area contributed by atoms with Gasteiger partial charge in [-0.2, -0.15) is 0 Å². The van der Waals surface area contributed by atoms with Gasteiger partial charge in [0.25, 0.3) is 0 Å². The summed E-state index contributed by atoms with van der Waals surface area (Å²) in [6.07, 6.45) is -1.47. The second-order valence-electron chi connectivity index (χ2n) is 22.8. The number of carbonyl (C=O) groups is 9. The predicted molar refractivity (Wildman–Crippen MR) is 332 cm³/mol. The molecule has 0 aliphatic rings. The summed E-state index contributed by atoms with van der Waals surface area (Å²) < 4.78 is 31.9. The maximum Gasteiger partial charge on any atom is 0.412 e. The Bertz CT molecular complexity index is 2790. The van der Waals surface area contributed by atoms with Crippen molar-refractivity contribution in [2.24, 2.45) is 0 Å². The van der Waals surface area contributed by atoms with Crippen LogP contribution < -0.4 is 47.9 Å². The molecular weight excluding hydrogens is 1120 g/mol. The van der Waals surface area contributed by atoms with E-state index in [4.69, 9.17) is 28.4 Å². The molecule has 9 N–H and O–H groups in total. The second kappa shape index (κ2) is 32.4. The molecule has 0 unspecified atom stereocenters. The van der Waals surface area contributed by atoms with Gasteiger partial charge in [-0.3, -0.25) is 30.3 Å². The van der Waals surface area contributed by atoms with Crippen LogP contribution in [-0.4, -0.2) is 90.9 Å². The van der Waals surface area contributed by atoms with Crippen LogP contribution in [-0.2, 0) is 101 Å². The number of amides is 9. The zero-order chi connectivity index (χ0) is 64.8. The highest BCUT2D eigenvalue weighted by Crippen LogP contribution is 2.33. The molecule has 24 heteroatoms. The van der Waals surface area contributed by atoms with E-state index in [1.807, 2.05) is 20.8 Å². The first-order valence-electron chi connectivity index (χ1n) is 29.1. The van der Waals surface area contributed by atoms with Crippen LogP contribution in [0.1, 0.15) is 154 Å². The van der Waals surface area contributed by atoms with Crippen LogP contribution >= 0.6 is 0 Å². The SMILES string of the molecule is CCOC(=O)Cc1ccc(NC(=O)NCc2c(CC)c(CNC(=O)Nc3ccc(CC(=O)OCC)cc3NC(=O)OC(C)(C)C)c(CC)c(CNC(=O)Nc3ccc(CC(=O)OCC)cc3NC(=O)OC(C)(C)C)c2CC)c(NC(=O)OC(C)(C)C)c1. The third-order valence-corrected chi connectivity index (χ3v) is 12.4. The lowest BCUT2D eigenvalue weighted by Crippen LogP contribution is -2.33. The average molecular weight is 1210 g/mol. The number of hydrogen-bond donors (Lipinski definition) is 9. The van der Waals surface area contributed by atoms with Crippen molar-refractivity contribution < 1.29 is 71.6 Å². The van der Waals surface area contributed by atoms with E-state index >= 15 is 0 Å². The molecule has 24 nitrogen and oxygen atoms in total. The van der Waals surface area contributed by atoms with Crippen molar-refractivity contribution in [1.82, 2.24) is 16.0 Å². The van der Waals surface area contributed by atoms with Gasteiger partial charge in [0.1, 0.15) is 16.8 Å². The molecule has 0 radical (unpaired) electrons. The molecule has 4 rings (SSSR count). The lowest BCUT2D eigenvalue weighted by molar-refractivity contribution is -0.143. The number of benzene rings is 4. The van der Waals surface area contributed by atoms with Gasteiger partial charge in [-0.05, 0) is 189 Å². The van der Waals surface area contributed by atoms with Gasteiger partial charge in [-0.1, -0.05) is 39.0 Å². The van der Waals surface area contributed by atoms with Crippen LogP contribution in [0, 0.1) is 0 Å². The van der Waals surface area contributed by atoms with Crippen LogP contribution in [0.2, 0.25) is 0 Å². The highest BCUT2D eigenvalue weighted by Gasteiger charge is 2.26. The molecule has 87 heavy (non-hydrogen) atoms. The van der Waals surface area contributed by atoms with Crippen molar-refractivity contribution in [2.45, 2.75) is 179 Å². The van der Waals surface area contributed by atoms with Gasteiger partial charge in [-0.15, -0.1) is 0 Å². The quantitative estimate of drug-likeness (QED) is 0.0233. The predicted octanol–water partition coefficient (Wildman–Crippen LogP) is 11.7. The van der Waals surface area contributed by atoms with E-state index < -0.39 is 71.1 Å². The molecule has 0 aliphatic carbocycles. The molecule has 0 aromatic heterocycles. The highest BCUT2D eigenvalue weighted by atomic mass is 16.6. The van der Waals surface area contributed by atoms with E-state index in [-0.39, 0.29) is 92.8 Å². The average Bonchev–Trinajstić information content (AvgIpc) is 1.03. The van der Waals surface area contributed by atoms with Crippen molar-refractivity contribution in [3.8, 4) is 0 Å².